The number of carboxylic acid groups (broad SMARTS) is 1. The standard InChI is InChI=1S/C28H25FN2O6/c1-36-20-13-8-17(14-21(20)37-2)24-22-23(26(33)31(25(22)32)19-11-9-18(29)10-12-19)28(30-24,27(34)35)15-16-6-4-3-5-7-16/h3-14,22-24,30H,15H2,1-2H3,(H,34,35)/t22-,23+,24-,28-/m0/s1. The number of aliphatic carboxylic acids is 1. The largest absolute Gasteiger partial charge is 0.493 e. The zero-order valence-electron chi connectivity index (χ0n) is 20.2. The lowest BCUT2D eigenvalue weighted by molar-refractivity contribution is -0.148. The Morgan fingerprint density at radius 1 is 0.973 bits per heavy atom. The van der Waals surface area contributed by atoms with E-state index in [0.717, 1.165) is 17.0 Å². The summed E-state index contributed by atoms with van der Waals surface area (Å²) < 4.78 is 24.3. The van der Waals surface area contributed by atoms with E-state index in [2.05, 4.69) is 5.32 Å². The smallest absolute Gasteiger partial charge is 0.325 e. The number of nitrogens with one attached hydrogen (secondary N) is 1. The normalized spacial score (nSPS) is 24.7. The Labute approximate surface area is 212 Å². The van der Waals surface area contributed by atoms with E-state index in [9.17, 15) is 23.9 Å². The zero-order chi connectivity index (χ0) is 26.3. The van der Waals surface area contributed by atoms with E-state index < -0.39 is 47.0 Å². The number of halogens is 1. The molecule has 2 aliphatic heterocycles. The maximum absolute atomic E-state index is 13.9. The highest BCUT2D eigenvalue weighted by molar-refractivity contribution is 6.24. The first-order valence-corrected chi connectivity index (χ1v) is 11.7. The Balaban J connectivity index is 1.66. The van der Waals surface area contributed by atoms with E-state index in [1.807, 2.05) is 6.07 Å². The number of hydrogen-bond donors (Lipinski definition) is 2. The number of ether oxygens (including phenoxy) is 2. The van der Waals surface area contributed by atoms with Crippen molar-refractivity contribution >= 4 is 23.5 Å². The Hall–Kier alpha value is -4.24. The third-order valence-corrected chi connectivity index (χ3v) is 7.21. The van der Waals surface area contributed by atoms with Crippen LogP contribution in [0, 0.1) is 17.7 Å². The molecule has 37 heavy (non-hydrogen) atoms. The van der Waals surface area contributed by atoms with E-state index in [1.54, 1.807) is 42.5 Å². The number of anilines is 1. The van der Waals surface area contributed by atoms with Crippen LogP contribution in [0.25, 0.3) is 0 Å². The van der Waals surface area contributed by atoms with Crippen molar-refractivity contribution in [3.8, 4) is 11.5 Å². The van der Waals surface area contributed by atoms with Crippen LogP contribution in [0.2, 0.25) is 0 Å². The van der Waals surface area contributed by atoms with E-state index in [4.69, 9.17) is 9.47 Å². The predicted molar refractivity (Wildman–Crippen MR) is 132 cm³/mol. The molecule has 2 saturated heterocycles. The van der Waals surface area contributed by atoms with Gasteiger partial charge in [-0.25, -0.2) is 9.29 Å². The fraction of sp³-hybridized carbons (Fsp3) is 0.250. The molecule has 0 saturated carbocycles. The van der Waals surface area contributed by atoms with Crippen LogP contribution in [0.15, 0.2) is 72.8 Å². The molecular weight excluding hydrogens is 479 g/mol. The Morgan fingerprint density at radius 3 is 2.27 bits per heavy atom. The van der Waals surface area contributed by atoms with E-state index in [1.165, 1.54) is 26.4 Å². The fourth-order valence-corrected chi connectivity index (χ4v) is 5.53. The molecule has 9 heteroatoms. The van der Waals surface area contributed by atoms with E-state index >= 15 is 0 Å². The summed E-state index contributed by atoms with van der Waals surface area (Å²) in [7, 11) is 2.97. The number of rotatable bonds is 7. The molecule has 0 radical (unpaired) electrons. The van der Waals surface area contributed by atoms with Crippen molar-refractivity contribution in [1.29, 1.82) is 0 Å². The highest BCUT2D eigenvalue weighted by Gasteiger charge is 2.68. The molecule has 2 aliphatic rings. The van der Waals surface area contributed by atoms with Crippen molar-refractivity contribution in [3.63, 3.8) is 0 Å². The first kappa shape index (κ1) is 24.5. The molecule has 2 heterocycles. The molecule has 3 aromatic rings. The van der Waals surface area contributed by atoms with Crippen molar-refractivity contribution in [3.05, 3.63) is 89.7 Å². The minimum absolute atomic E-state index is 0.0234. The molecule has 5 rings (SSSR count). The maximum atomic E-state index is 13.9. The van der Waals surface area contributed by atoms with Crippen LogP contribution in [0.1, 0.15) is 17.2 Å². The van der Waals surface area contributed by atoms with Crippen molar-refractivity contribution in [2.75, 3.05) is 19.1 Å². The highest BCUT2D eigenvalue weighted by atomic mass is 19.1. The summed E-state index contributed by atoms with van der Waals surface area (Å²) in [6, 6.07) is 18.2. The number of amides is 2. The SMILES string of the molecule is COc1ccc([C@@H]2N[C@](Cc3ccccc3)(C(=O)O)[C@H]3C(=O)N(c4ccc(F)cc4)C(=O)[C@H]23)cc1OC. The lowest BCUT2D eigenvalue weighted by Crippen LogP contribution is -2.57. The lowest BCUT2D eigenvalue weighted by atomic mass is 9.76. The second-order valence-electron chi connectivity index (χ2n) is 9.17. The minimum Gasteiger partial charge on any atom is -0.493 e. The number of carboxylic acids is 1. The number of benzene rings is 3. The fourth-order valence-electron chi connectivity index (χ4n) is 5.53. The van der Waals surface area contributed by atoms with Crippen LogP contribution in [0.3, 0.4) is 0 Å². The van der Waals surface area contributed by atoms with Gasteiger partial charge in [-0.15, -0.1) is 0 Å². The summed E-state index contributed by atoms with van der Waals surface area (Å²) in [6.45, 7) is 0. The second-order valence-corrected chi connectivity index (χ2v) is 9.17. The van der Waals surface area contributed by atoms with E-state index in [0.29, 0.717) is 22.6 Å². The number of imide groups is 1. The van der Waals surface area contributed by atoms with Gasteiger partial charge in [-0.1, -0.05) is 36.4 Å². The average Bonchev–Trinajstić information content (AvgIpc) is 3.38. The molecule has 190 valence electrons. The average molecular weight is 505 g/mol. The molecular formula is C28H25FN2O6. The van der Waals surface area contributed by atoms with Gasteiger partial charge in [0.2, 0.25) is 11.8 Å². The number of methoxy groups -OCH3 is 2. The number of fused-ring (bicyclic) bond motifs is 1. The van der Waals surface area contributed by atoms with Gasteiger partial charge in [-0.2, -0.15) is 0 Å². The van der Waals surface area contributed by atoms with Crippen LogP contribution in [0.5, 0.6) is 11.5 Å². The summed E-state index contributed by atoms with van der Waals surface area (Å²) in [5.41, 5.74) is -0.308. The van der Waals surface area contributed by atoms with Crippen molar-refractivity contribution in [1.82, 2.24) is 5.32 Å². The quantitative estimate of drug-likeness (QED) is 0.476. The third kappa shape index (κ3) is 3.92. The molecule has 2 amide bonds. The van der Waals surface area contributed by atoms with Gasteiger partial charge in [0.25, 0.3) is 0 Å². The number of hydrogen-bond acceptors (Lipinski definition) is 6. The van der Waals surface area contributed by atoms with Gasteiger partial charge in [0.1, 0.15) is 11.4 Å². The van der Waals surface area contributed by atoms with Crippen molar-refractivity contribution in [2.24, 2.45) is 11.8 Å². The first-order valence-electron chi connectivity index (χ1n) is 11.7. The van der Waals surface area contributed by atoms with Gasteiger partial charge >= 0.3 is 5.97 Å². The Morgan fingerprint density at radius 2 is 1.65 bits per heavy atom. The van der Waals surface area contributed by atoms with Gasteiger partial charge < -0.3 is 14.6 Å². The Bertz CT molecular complexity index is 1360. The summed E-state index contributed by atoms with van der Waals surface area (Å²) in [5, 5.41) is 13.8. The second kappa shape index (κ2) is 9.33. The Kier molecular flexibility index (Phi) is 6.16. The molecule has 2 N–H and O–H groups in total. The zero-order valence-corrected chi connectivity index (χ0v) is 20.2. The molecule has 8 nitrogen and oxygen atoms in total. The third-order valence-electron chi connectivity index (χ3n) is 7.21. The predicted octanol–water partition coefficient (Wildman–Crippen LogP) is 3.36. The molecule has 0 aliphatic carbocycles. The van der Waals surface area contributed by atoms with Crippen LogP contribution in [-0.4, -0.2) is 42.6 Å². The molecule has 0 aromatic heterocycles. The molecule has 0 unspecified atom stereocenters. The van der Waals surface area contributed by atoms with Gasteiger partial charge in [0.15, 0.2) is 11.5 Å². The van der Waals surface area contributed by atoms with Crippen LogP contribution >= 0.6 is 0 Å². The van der Waals surface area contributed by atoms with Gasteiger partial charge in [0.05, 0.1) is 31.7 Å². The van der Waals surface area contributed by atoms with Crippen LogP contribution in [0.4, 0.5) is 10.1 Å². The lowest BCUT2D eigenvalue weighted by Gasteiger charge is -2.31. The van der Waals surface area contributed by atoms with Crippen LogP contribution in [-0.2, 0) is 20.8 Å². The molecule has 0 bridgehead atoms. The molecule has 0 spiro atoms. The summed E-state index contributed by atoms with van der Waals surface area (Å²) in [5.74, 6) is -4.30. The number of nitrogens with zero attached hydrogens (tertiary/aromatic N) is 1. The van der Waals surface area contributed by atoms with E-state index in [-0.39, 0.29) is 12.1 Å². The summed E-state index contributed by atoms with van der Waals surface area (Å²) in [6.07, 6.45) is -0.0234. The topological polar surface area (TPSA) is 105 Å². The molecule has 3 aromatic carbocycles. The highest BCUT2D eigenvalue weighted by Crippen LogP contribution is 2.51. The maximum Gasteiger partial charge on any atom is 0.325 e. The number of carbonyl (C=O) groups is 3. The minimum atomic E-state index is -1.77. The molecule has 4 atom stereocenters. The summed E-state index contributed by atoms with van der Waals surface area (Å²) in [4.78, 5) is 41.6. The van der Waals surface area contributed by atoms with Gasteiger partial charge in [0, 0.05) is 12.5 Å². The van der Waals surface area contributed by atoms with Crippen LogP contribution < -0.4 is 19.7 Å². The van der Waals surface area contributed by atoms with Gasteiger partial charge in [-0.3, -0.25) is 19.7 Å². The van der Waals surface area contributed by atoms with Crippen molar-refractivity contribution < 1.29 is 33.4 Å². The van der Waals surface area contributed by atoms with Crippen molar-refractivity contribution in [2.45, 2.75) is 18.0 Å². The van der Waals surface area contributed by atoms with Gasteiger partial charge in [-0.05, 0) is 47.5 Å². The number of carbonyl (C=O) groups excluding carboxylic acids is 2. The molecule has 2 fully saturated rings. The first-order chi connectivity index (χ1) is 17.8. The monoisotopic (exact) mass is 504 g/mol. The summed E-state index contributed by atoms with van der Waals surface area (Å²) >= 11 is 0.